The van der Waals surface area contributed by atoms with Crippen LogP contribution >= 0.6 is 0 Å². The maximum atomic E-state index is 8.74. The average Bonchev–Trinajstić information content (AvgIpc) is 1.27. The van der Waals surface area contributed by atoms with E-state index in [-0.39, 0.29) is 27.3 Å². The first-order valence-corrected chi connectivity index (χ1v) is 5.68. The standard InChI is InChI=1S/H2O4S.2O.2Pb.2H/c1-5(2,3)4;;;;;;/h(H2,1,2,3,4);;;;;;. The van der Waals surface area contributed by atoms with Crippen LogP contribution in [0.5, 0.6) is 0 Å². The second-order valence-electron chi connectivity index (χ2n) is 0.531. The Bertz CT molecular complexity index is 151. The van der Waals surface area contributed by atoms with Gasteiger partial charge in [-0.05, 0) is 0 Å². The Labute approximate surface area is 83.9 Å². The molecule has 0 bridgehead atoms. The van der Waals surface area contributed by atoms with Crippen molar-refractivity contribution in [3.8, 4) is 0 Å². The molecule has 0 saturated carbocycles. The summed E-state index contributed by atoms with van der Waals surface area (Å²) in [6.45, 7) is 0. The first kappa shape index (κ1) is 16.7. The topological polar surface area (TPSA) is 109 Å². The van der Waals surface area contributed by atoms with Gasteiger partial charge in [0.05, 0.1) is 0 Å². The van der Waals surface area contributed by atoms with Crippen LogP contribution in [0.4, 0.5) is 0 Å². The molecule has 0 aromatic heterocycles. The Balaban J connectivity index is -0.0000000800. The molecule has 0 rings (SSSR count). The Hall–Kier alpha value is 1.31. The molecule has 0 fully saturated rings. The van der Waals surface area contributed by atoms with Crippen molar-refractivity contribution in [2.75, 3.05) is 0 Å². The molecule has 0 aromatic carbocycles. The summed E-state index contributed by atoms with van der Waals surface area (Å²) in [5.41, 5.74) is 0. The van der Waals surface area contributed by atoms with Gasteiger partial charge in [-0.25, -0.2) is 0 Å². The molecule has 0 spiro atoms. The van der Waals surface area contributed by atoms with Gasteiger partial charge in [0.2, 0.25) is 0 Å². The molecule has 2 N–H and O–H groups in total. The fraction of sp³-hybridized carbons (Fsp3) is 0. The molecule has 0 aromatic rings. The molecule has 9 heavy (non-hydrogen) atoms. The molecule has 0 aliphatic carbocycles. The molecule has 0 saturated heterocycles. The summed E-state index contributed by atoms with van der Waals surface area (Å²) in [6.07, 6.45) is 0. The number of hydrogen-bond acceptors (Lipinski definition) is 4. The van der Waals surface area contributed by atoms with Crippen LogP contribution in [0.25, 0.3) is 0 Å². The van der Waals surface area contributed by atoms with Crippen LogP contribution < -0.4 is 0 Å². The van der Waals surface area contributed by atoms with E-state index in [1.807, 2.05) is 0 Å². The first-order chi connectivity index (χ1) is 3.41. The summed E-state index contributed by atoms with van der Waals surface area (Å²) in [7, 11) is -4.67. The predicted molar refractivity (Wildman–Crippen MR) is 29.8 cm³/mol. The second-order valence-corrected chi connectivity index (χ2v) is 2.07. The monoisotopic (exact) mass is 548 g/mol. The van der Waals surface area contributed by atoms with Gasteiger partial charge in [0.15, 0.2) is 0 Å². The Morgan fingerprint density at radius 2 is 1.11 bits per heavy atom. The fourth-order valence-corrected chi connectivity index (χ4v) is 0. The van der Waals surface area contributed by atoms with Crippen molar-refractivity contribution in [1.29, 1.82) is 0 Å². The van der Waals surface area contributed by atoms with Crippen LogP contribution in [-0.4, -0.2) is 69.1 Å². The van der Waals surface area contributed by atoms with Crippen molar-refractivity contribution < 1.29 is 22.9 Å². The van der Waals surface area contributed by atoms with Gasteiger partial charge >= 0.3 is 67.3 Å². The Morgan fingerprint density at radius 1 is 1.11 bits per heavy atom. The third-order valence-corrected chi connectivity index (χ3v) is 0. The van der Waals surface area contributed by atoms with Crippen LogP contribution in [0.3, 0.4) is 0 Å². The zero-order valence-corrected chi connectivity index (χ0v) is 14.3. The van der Waals surface area contributed by atoms with E-state index in [0.29, 0.717) is 0 Å². The molecular weight excluding hydrogens is 542 g/mol. The van der Waals surface area contributed by atoms with Crippen molar-refractivity contribution in [2.45, 2.75) is 0 Å². The molecule has 0 unspecified atom stereocenters. The molecule has 9 heteroatoms. The minimum absolute atomic E-state index is 0. The molecule has 0 heterocycles. The van der Waals surface area contributed by atoms with Crippen LogP contribution in [0.2, 0.25) is 0 Å². The normalized spacial score (nSPS) is 7.33. The van der Waals surface area contributed by atoms with Crippen molar-refractivity contribution in [3.63, 3.8) is 0 Å². The summed E-state index contributed by atoms with van der Waals surface area (Å²) >= 11 is -2.42. The average molecular weight is 546 g/mol. The third-order valence-electron chi connectivity index (χ3n) is 0. The molecule has 2 radical (unpaired) electrons. The minimum atomic E-state index is -4.67. The molecule has 54 valence electrons. The quantitative estimate of drug-likeness (QED) is 0.264. The summed E-state index contributed by atoms with van der Waals surface area (Å²) in [6, 6.07) is 0. The van der Waals surface area contributed by atoms with Gasteiger partial charge in [0.25, 0.3) is 0 Å². The van der Waals surface area contributed by atoms with E-state index < -0.39 is 34.7 Å². The van der Waals surface area contributed by atoms with Gasteiger partial charge in [-0.15, -0.1) is 0 Å². The van der Waals surface area contributed by atoms with Gasteiger partial charge < -0.3 is 0 Å². The van der Waals surface area contributed by atoms with Crippen molar-refractivity contribution in [1.82, 2.24) is 0 Å². The van der Waals surface area contributed by atoms with Crippen molar-refractivity contribution >= 4 is 62.0 Å². The summed E-state index contributed by atoms with van der Waals surface area (Å²) in [5.74, 6) is 0. The maximum absolute atomic E-state index is 8.74. The number of hydrogen-bond donors (Lipinski definition) is 2. The van der Waals surface area contributed by atoms with E-state index in [1.165, 1.54) is 0 Å². The molecular formula is H4O6Pb2S. The van der Waals surface area contributed by atoms with E-state index in [1.54, 1.807) is 0 Å². The van der Waals surface area contributed by atoms with Crippen LogP contribution in [0.1, 0.15) is 0 Å². The van der Waals surface area contributed by atoms with Crippen molar-refractivity contribution in [3.05, 3.63) is 0 Å². The van der Waals surface area contributed by atoms with Gasteiger partial charge in [-0.1, -0.05) is 0 Å². The first-order valence-electron chi connectivity index (χ1n) is 1.11. The fourth-order valence-electron chi connectivity index (χ4n) is 0. The van der Waals surface area contributed by atoms with E-state index in [4.69, 9.17) is 22.9 Å². The molecule has 0 aliphatic heterocycles. The summed E-state index contributed by atoms with van der Waals surface area (Å²) in [5, 5.41) is 0. The van der Waals surface area contributed by atoms with E-state index in [0.717, 1.165) is 0 Å². The summed E-state index contributed by atoms with van der Waals surface area (Å²) in [4.78, 5) is 0. The second kappa shape index (κ2) is 9.31. The van der Waals surface area contributed by atoms with E-state index >= 15 is 0 Å². The van der Waals surface area contributed by atoms with Gasteiger partial charge in [-0.3, -0.25) is 9.11 Å². The summed E-state index contributed by atoms with van der Waals surface area (Å²) < 4.78 is 48.7. The van der Waals surface area contributed by atoms with E-state index in [9.17, 15) is 0 Å². The van der Waals surface area contributed by atoms with Gasteiger partial charge in [-0.2, -0.15) is 8.42 Å². The molecule has 0 amide bonds. The Morgan fingerprint density at radius 3 is 1.11 bits per heavy atom. The zero-order valence-electron chi connectivity index (χ0n) is 4.14. The SMILES string of the molecule is O=S(=O)(O)O.[O]=[Pb]=[O].[PbH2]. The van der Waals surface area contributed by atoms with Crippen LogP contribution in [0.15, 0.2) is 0 Å². The van der Waals surface area contributed by atoms with Gasteiger partial charge in [0.1, 0.15) is 0 Å². The number of rotatable bonds is 0. The molecule has 0 aliphatic rings. The molecule has 6 nitrogen and oxygen atoms in total. The molecule has 0 atom stereocenters. The van der Waals surface area contributed by atoms with Gasteiger partial charge in [0, 0.05) is 0 Å². The Kier molecular flexibility index (Phi) is 17.3. The van der Waals surface area contributed by atoms with Crippen molar-refractivity contribution in [2.24, 2.45) is 0 Å². The third kappa shape index (κ3) is 289. The van der Waals surface area contributed by atoms with Crippen LogP contribution in [-0.2, 0) is 15.8 Å². The zero-order chi connectivity index (χ0) is 7.21. The van der Waals surface area contributed by atoms with E-state index in [2.05, 4.69) is 0 Å². The predicted octanol–water partition coefficient (Wildman–Crippen LogP) is -2.19. The van der Waals surface area contributed by atoms with Crippen LogP contribution in [0, 0.1) is 0 Å².